The molecule has 0 bridgehead atoms. The Balaban J connectivity index is 1.77. The van der Waals surface area contributed by atoms with Crippen LogP contribution in [0.1, 0.15) is 38.5 Å². The van der Waals surface area contributed by atoms with Crippen molar-refractivity contribution in [3.63, 3.8) is 0 Å². The molecule has 18 heavy (non-hydrogen) atoms. The Hall–Kier alpha value is -0.610. The predicted molar refractivity (Wildman–Crippen MR) is 69.4 cm³/mol. The van der Waals surface area contributed by atoms with E-state index in [1.54, 1.807) is 7.11 Å². The van der Waals surface area contributed by atoms with Gasteiger partial charge in [0.05, 0.1) is 13.2 Å². The first-order valence-electron chi connectivity index (χ1n) is 7.19. The number of amides is 1. The summed E-state index contributed by atoms with van der Waals surface area (Å²) in [6.07, 6.45) is 7.64. The van der Waals surface area contributed by atoms with E-state index in [-0.39, 0.29) is 12.5 Å². The normalized spacial score (nSPS) is 24.9. The number of rotatable bonds is 6. The standard InChI is InChI=1S/C14H25NO3/c1-17-9-10-18-11-14(16)15-8-4-7-13(15)12-5-2-3-6-12/h12-13H,2-11H2,1H3. The lowest BCUT2D eigenvalue weighted by Gasteiger charge is -2.29. The molecule has 1 saturated carbocycles. The molecule has 0 spiro atoms. The summed E-state index contributed by atoms with van der Waals surface area (Å²) in [6, 6.07) is 0.492. The van der Waals surface area contributed by atoms with Crippen molar-refractivity contribution in [1.29, 1.82) is 0 Å². The molecule has 4 nitrogen and oxygen atoms in total. The zero-order valence-electron chi connectivity index (χ0n) is 11.4. The van der Waals surface area contributed by atoms with Crippen molar-refractivity contribution >= 4 is 5.91 Å². The van der Waals surface area contributed by atoms with Gasteiger partial charge in [0.15, 0.2) is 0 Å². The second-order valence-electron chi connectivity index (χ2n) is 5.39. The summed E-state index contributed by atoms with van der Waals surface area (Å²) >= 11 is 0. The van der Waals surface area contributed by atoms with E-state index in [2.05, 4.69) is 4.90 Å². The molecule has 1 aliphatic carbocycles. The van der Waals surface area contributed by atoms with Crippen LogP contribution in [0.2, 0.25) is 0 Å². The summed E-state index contributed by atoms with van der Waals surface area (Å²) in [6.45, 7) is 2.20. The van der Waals surface area contributed by atoms with Crippen molar-refractivity contribution in [1.82, 2.24) is 4.90 Å². The molecule has 2 aliphatic rings. The smallest absolute Gasteiger partial charge is 0.248 e. The van der Waals surface area contributed by atoms with Crippen LogP contribution in [0, 0.1) is 5.92 Å². The summed E-state index contributed by atoms with van der Waals surface area (Å²) < 4.78 is 10.2. The molecule has 0 N–H and O–H groups in total. The quantitative estimate of drug-likeness (QED) is 0.680. The summed E-state index contributed by atoms with van der Waals surface area (Å²) in [4.78, 5) is 14.2. The van der Waals surface area contributed by atoms with Gasteiger partial charge in [0, 0.05) is 19.7 Å². The van der Waals surface area contributed by atoms with Crippen LogP contribution in [-0.4, -0.2) is 50.3 Å². The fourth-order valence-corrected chi connectivity index (χ4v) is 3.32. The number of hydrogen-bond acceptors (Lipinski definition) is 3. The summed E-state index contributed by atoms with van der Waals surface area (Å²) in [5, 5.41) is 0. The van der Waals surface area contributed by atoms with E-state index in [0.717, 1.165) is 18.9 Å². The van der Waals surface area contributed by atoms with Crippen LogP contribution < -0.4 is 0 Å². The number of methoxy groups -OCH3 is 1. The first kappa shape index (κ1) is 13.8. The van der Waals surface area contributed by atoms with Gasteiger partial charge in [-0.2, -0.15) is 0 Å². The maximum absolute atomic E-state index is 12.1. The molecule has 1 heterocycles. The zero-order valence-corrected chi connectivity index (χ0v) is 11.4. The number of hydrogen-bond donors (Lipinski definition) is 0. The van der Waals surface area contributed by atoms with Crippen molar-refractivity contribution in [2.24, 2.45) is 5.92 Å². The van der Waals surface area contributed by atoms with E-state index in [1.807, 2.05) is 0 Å². The van der Waals surface area contributed by atoms with Gasteiger partial charge in [0.25, 0.3) is 0 Å². The Labute approximate surface area is 110 Å². The second-order valence-corrected chi connectivity index (χ2v) is 5.39. The number of nitrogens with zero attached hydrogens (tertiary/aromatic N) is 1. The Morgan fingerprint density at radius 3 is 2.67 bits per heavy atom. The Bertz CT molecular complexity index is 264. The molecule has 0 radical (unpaired) electrons. The first-order chi connectivity index (χ1) is 8.83. The summed E-state index contributed by atoms with van der Waals surface area (Å²) in [7, 11) is 1.64. The maximum Gasteiger partial charge on any atom is 0.248 e. The van der Waals surface area contributed by atoms with Gasteiger partial charge in [0.1, 0.15) is 6.61 Å². The minimum absolute atomic E-state index is 0.167. The summed E-state index contributed by atoms with van der Waals surface area (Å²) in [5.41, 5.74) is 0. The number of carbonyl (C=O) groups excluding carboxylic acids is 1. The third kappa shape index (κ3) is 3.45. The van der Waals surface area contributed by atoms with E-state index in [1.165, 1.54) is 32.1 Å². The third-order valence-corrected chi connectivity index (χ3v) is 4.22. The highest BCUT2D eigenvalue weighted by molar-refractivity contribution is 5.78. The molecule has 104 valence electrons. The van der Waals surface area contributed by atoms with Crippen LogP contribution in [0.4, 0.5) is 0 Å². The summed E-state index contributed by atoms with van der Waals surface area (Å²) in [5.74, 6) is 0.913. The largest absolute Gasteiger partial charge is 0.382 e. The fraction of sp³-hybridized carbons (Fsp3) is 0.929. The molecular weight excluding hydrogens is 230 g/mol. The van der Waals surface area contributed by atoms with E-state index in [9.17, 15) is 4.79 Å². The molecule has 1 unspecified atom stereocenters. The average Bonchev–Trinajstić information content (AvgIpc) is 3.02. The molecule has 2 fully saturated rings. The van der Waals surface area contributed by atoms with E-state index in [4.69, 9.17) is 9.47 Å². The van der Waals surface area contributed by atoms with Crippen LogP contribution in [0.15, 0.2) is 0 Å². The third-order valence-electron chi connectivity index (χ3n) is 4.22. The molecular formula is C14H25NO3. The first-order valence-corrected chi connectivity index (χ1v) is 7.19. The number of carbonyl (C=O) groups is 1. The Morgan fingerprint density at radius 2 is 1.94 bits per heavy atom. The van der Waals surface area contributed by atoms with Gasteiger partial charge in [-0.15, -0.1) is 0 Å². The van der Waals surface area contributed by atoms with Crippen molar-refractivity contribution in [3.05, 3.63) is 0 Å². The number of likely N-dealkylation sites (tertiary alicyclic amines) is 1. The lowest BCUT2D eigenvalue weighted by Crippen LogP contribution is -2.41. The van der Waals surface area contributed by atoms with Gasteiger partial charge in [-0.3, -0.25) is 4.79 Å². The van der Waals surface area contributed by atoms with Crippen LogP contribution in [0.25, 0.3) is 0 Å². The second kappa shape index (κ2) is 7.10. The Morgan fingerprint density at radius 1 is 1.17 bits per heavy atom. The fourth-order valence-electron chi connectivity index (χ4n) is 3.32. The topological polar surface area (TPSA) is 38.8 Å². The monoisotopic (exact) mass is 255 g/mol. The zero-order chi connectivity index (χ0) is 12.8. The molecule has 0 aromatic carbocycles. The minimum Gasteiger partial charge on any atom is -0.382 e. The van der Waals surface area contributed by atoms with E-state index in [0.29, 0.717) is 19.3 Å². The van der Waals surface area contributed by atoms with Gasteiger partial charge in [-0.25, -0.2) is 0 Å². The highest BCUT2D eigenvalue weighted by atomic mass is 16.5. The maximum atomic E-state index is 12.1. The van der Waals surface area contributed by atoms with Gasteiger partial charge in [0.2, 0.25) is 5.91 Å². The lowest BCUT2D eigenvalue weighted by atomic mass is 9.96. The van der Waals surface area contributed by atoms with Gasteiger partial charge in [-0.1, -0.05) is 12.8 Å². The number of ether oxygens (including phenoxy) is 2. The average molecular weight is 255 g/mol. The van der Waals surface area contributed by atoms with Crippen molar-refractivity contribution in [2.75, 3.05) is 33.5 Å². The molecule has 4 heteroatoms. The molecule has 0 aromatic heterocycles. The van der Waals surface area contributed by atoms with Crippen molar-refractivity contribution in [3.8, 4) is 0 Å². The van der Waals surface area contributed by atoms with Gasteiger partial charge < -0.3 is 14.4 Å². The van der Waals surface area contributed by atoms with Gasteiger partial charge >= 0.3 is 0 Å². The lowest BCUT2D eigenvalue weighted by molar-refractivity contribution is -0.138. The molecule has 1 aliphatic heterocycles. The molecule has 1 atom stereocenters. The van der Waals surface area contributed by atoms with Crippen LogP contribution in [-0.2, 0) is 14.3 Å². The Kier molecular flexibility index (Phi) is 5.45. The van der Waals surface area contributed by atoms with Gasteiger partial charge in [-0.05, 0) is 31.6 Å². The van der Waals surface area contributed by atoms with E-state index >= 15 is 0 Å². The molecule has 1 amide bonds. The highest BCUT2D eigenvalue weighted by Gasteiger charge is 2.35. The minimum atomic E-state index is 0.167. The van der Waals surface area contributed by atoms with Crippen LogP contribution in [0.5, 0.6) is 0 Å². The van der Waals surface area contributed by atoms with Crippen LogP contribution >= 0.6 is 0 Å². The van der Waals surface area contributed by atoms with E-state index < -0.39 is 0 Å². The molecule has 2 rings (SSSR count). The molecule has 0 aromatic rings. The van der Waals surface area contributed by atoms with Crippen molar-refractivity contribution < 1.29 is 14.3 Å². The van der Waals surface area contributed by atoms with Crippen molar-refractivity contribution in [2.45, 2.75) is 44.6 Å². The van der Waals surface area contributed by atoms with Crippen LogP contribution in [0.3, 0.4) is 0 Å². The highest BCUT2D eigenvalue weighted by Crippen LogP contribution is 2.35. The predicted octanol–water partition coefficient (Wildman–Crippen LogP) is 1.83. The molecule has 1 saturated heterocycles. The SMILES string of the molecule is COCCOCC(=O)N1CCCC1C1CCCC1.